The summed E-state index contributed by atoms with van der Waals surface area (Å²) in [5.41, 5.74) is 0. The van der Waals surface area contributed by atoms with Crippen LogP contribution in [0, 0.1) is 0 Å². The highest BCUT2D eigenvalue weighted by molar-refractivity contribution is 8.01. The lowest BCUT2D eigenvalue weighted by atomic mass is 10.2. The predicted molar refractivity (Wildman–Crippen MR) is 63.0 cm³/mol. The maximum Gasteiger partial charge on any atom is 0.170 e. The maximum absolute atomic E-state index is 4.16. The molecular formula is C9H17N3S2. The van der Waals surface area contributed by atoms with Gasteiger partial charge in [-0.15, -0.1) is 0 Å². The van der Waals surface area contributed by atoms with E-state index in [9.17, 15) is 0 Å². The van der Waals surface area contributed by atoms with E-state index in [4.69, 9.17) is 0 Å². The number of thioether (sulfide) groups is 1. The van der Waals surface area contributed by atoms with Gasteiger partial charge in [-0.25, -0.2) is 4.98 Å². The number of nitrogens with one attached hydrogen (secondary N) is 1. The molecule has 2 atom stereocenters. The third-order valence-electron chi connectivity index (χ3n) is 1.88. The summed E-state index contributed by atoms with van der Waals surface area (Å²) in [6.45, 7) is 7.64. The molecule has 0 aromatic carbocycles. The molecule has 1 aromatic rings. The first-order chi connectivity index (χ1) is 6.72. The average Bonchev–Trinajstić information content (AvgIpc) is 2.56. The third kappa shape index (κ3) is 4.39. The molecule has 1 aromatic heterocycles. The molecule has 0 spiro atoms. The Bertz CT molecular complexity index is 238. The van der Waals surface area contributed by atoms with Crippen LogP contribution in [0.25, 0.3) is 0 Å². The molecule has 0 amide bonds. The molecule has 2 unspecified atom stereocenters. The van der Waals surface area contributed by atoms with Crippen LogP contribution in [0.2, 0.25) is 0 Å². The number of rotatable bonds is 6. The zero-order valence-electron chi connectivity index (χ0n) is 8.86. The number of aromatic nitrogens is 2. The van der Waals surface area contributed by atoms with Gasteiger partial charge < -0.3 is 5.32 Å². The van der Waals surface area contributed by atoms with Crippen molar-refractivity contribution in [3.63, 3.8) is 0 Å². The lowest BCUT2D eigenvalue weighted by Crippen LogP contribution is -2.28. The van der Waals surface area contributed by atoms with Crippen molar-refractivity contribution in [2.45, 2.75) is 42.8 Å². The molecule has 0 aliphatic heterocycles. The van der Waals surface area contributed by atoms with Crippen LogP contribution in [0.5, 0.6) is 0 Å². The van der Waals surface area contributed by atoms with Gasteiger partial charge in [0.1, 0.15) is 6.33 Å². The summed E-state index contributed by atoms with van der Waals surface area (Å²) in [7, 11) is 0. The van der Waals surface area contributed by atoms with E-state index in [2.05, 4.69) is 35.4 Å². The molecule has 0 aliphatic carbocycles. The molecule has 0 bridgehead atoms. The minimum Gasteiger partial charge on any atom is -0.314 e. The number of nitrogens with zero attached hydrogens (tertiary/aromatic N) is 2. The Morgan fingerprint density at radius 3 is 2.93 bits per heavy atom. The van der Waals surface area contributed by atoms with Gasteiger partial charge in [0.15, 0.2) is 4.34 Å². The Balaban J connectivity index is 2.25. The van der Waals surface area contributed by atoms with E-state index >= 15 is 0 Å². The highest BCUT2D eigenvalue weighted by Crippen LogP contribution is 2.26. The largest absolute Gasteiger partial charge is 0.314 e. The van der Waals surface area contributed by atoms with Crippen LogP contribution in [-0.2, 0) is 0 Å². The first kappa shape index (κ1) is 11.9. The fraction of sp³-hybridized carbons (Fsp3) is 0.778. The molecule has 0 radical (unpaired) electrons. The molecule has 0 fully saturated rings. The molecular weight excluding hydrogens is 214 g/mol. The highest BCUT2D eigenvalue weighted by Gasteiger charge is 2.10. The Labute approximate surface area is 93.9 Å². The number of hydrogen-bond donors (Lipinski definition) is 1. The zero-order valence-corrected chi connectivity index (χ0v) is 10.5. The van der Waals surface area contributed by atoms with Crippen molar-refractivity contribution in [2.24, 2.45) is 0 Å². The summed E-state index contributed by atoms with van der Waals surface area (Å²) < 4.78 is 5.06. The molecule has 80 valence electrons. The van der Waals surface area contributed by atoms with Crippen LogP contribution >= 0.6 is 23.3 Å². The fourth-order valence-electron chi connectivity index (χ4n) is 1.36. The normalized spacial score (nSPS) is 15.4. The average molecular weight is 231 g/mol. The van der Waals surface area contributed by atoms with Gasteiger partial charge in [-0.2, -0.15) is 4.37 Å². The topological polar surface area (TPSA) is 37.8 Å². The van der Waals surface area contributed by atoms with Crippen molar-refractivity contribution in [1.29, 1.82) is 0 Å². The second-order valence-electron chi connectivity index (χ2n) is 3.33. The van der Waals surface area contributed by atoms with Crippen molar-refractivity contribution in [1.82, 2.24) is 14.7 Å². The van der Waals surface area contributed by atoms with Gasteiger partial charge in [-0.1, -0.05) is 25.6 Å². The molecule has 1 heterocycles. The van der Waals surface area contributed by atoms with E-state index in [0.717, 1.165) is 17.3 Å². The molecule has 1 rings (SSSR count). The summed E-state index contributed by atoms with van der Waals surface area (Å²) in [6, 6.07) is 0.579. The summed E-state index contributed by atoms with van der Waals surface area (Å²) in [6.07, 6.45) is 2.78. The van der Waals surface area contributed by atoms with Crippen LogP contribution in [0.15, 0.2) is 10.7 Å². The van der Waals surface area contributed by atoms with Gasteiger partial charge in [0, 0.05) is 11.3 Å². The van der Waals surface area contributed by atoms with Crippen LogP contribution in [0.1, 0.15) is 27.2 Å². The minimum absolute atomic E-state index is 0.579. The van der Waals surface area contributed by atoms with Crippen LogP contribution in [0.3, 0.4) is 0 Å². The summed E-state index contributed by atoms with van der Waals surface area (Å²) in [5.74, 6) is 0. The van der Waals surface area contributed by atoms with Gasteiger partial charge in [0.25, 0.3) is 0 Å². The van der Waals surface area contributed by atoms with E-state index in [1.54, 1.807) is 6.33 Å². The van der Waals surface area contributed by atoms with Gasteiger partial charge in [-0.05, 0) is 31.4 Å². The first-order valence-corrected chi connectivity index (χ1v) is 6.54. The lowest BCUT2D eigenvalue weighted by molar-refractivity contribution is 0.530. The summed E-state index contributed by atoms with van der Waals surface area (Å²) in [5, 5.41) is 4.00. The minimum atomic E-state index is 0.579. The van der Waals surface area contributed by atoms with E-state index in [1.807, 2.05) is 11.8 Å². The highest BCUT2D eigenvalue weighted by atomic mass is 32.2. The Kier molecular flexibility index (Phi) is 5.44. The quantitative estimate of drug-likeness (QED) is 0.763. The standard InChI is InChI=1S/C9H17N3S2/c1-4-10-7(2)5-8(3)13-9-11-6-12-14-9/h6-8,10H,4-5H2,1-3H3. The van der Waals surface area contributed by atoms with Crippen molar-refractivity contribution in [2.75, 3.05) is 6.54 Å². The maximum atomic E-state index is 4.16. The van der Waals surface area contributed by atoms with Gasteiger partial charge in [0.2, 0.25) is 0 Å². The van der Waals surface area contributed by atoms with Crippen LogP contribution in [0.4, 0.5) is 0 Å². The van der Waals surface area contributed by atoms with Gasteiger partial charge in [0.05, 0.1) is 0 Å². The Hall–Kier alpha value is -0.130. The molecule has 0 aliphatic rings. The monoisotopic (exact) mass is 231 g/mol. The second-order valence-corrected chi connectivity index (χ2v) is 5.80. The van der Waals surface area contributed by atoms with Crippen LogP contribution in [-0.4, -0.2) is 27.2 Å². The van der Waals surface area contributed by atoms with Gasteiger partial charge >= 0.3 is 0 Å². The molecule has 14 heavy (non-hydrogen) atoms. The molecule has 0 saturated carbocycles. The second kappa shape index (κ2) is 6.37. The first-order valence-electron chi connectivity index (χ1n) is 4.89. The van der Waals surface area contributed by atoms with Gasteiger partial charge in [-0.3, -0.25) is 0 Å². The molecule has 0 saturated heterocycles. The van der Waals surface area contributed by atoms with E-state index < -0.39 is 0 Å². The van der Waals surface area contributed by atoms with E-state index in [-0.39, 0.29) is 0 Å². The van der Waals surface area contributed by atoms with Crippen LogP contribution < -0.4 is 5.32 Å². The van der Waals surface area contributed by atoms with Crippen molar-refractivity contribution in [3.8, 4) is 0 Å². The van der Waals surface area contributed by atoms with Crippen molar-refractivity contribution in [3.05, 3.63) is 6.33 Å². The summed E-state index contributed by atoms with van der Waals surface area (Å²) in [4.78, 5) is 4.16. The molecule has 1 N–H and O–H groups in total. The van der Waals surface area contributed by atoms with E-state index in [0.29, 0.717) is 11.3 Å². The Morgan fingerprint density at radius 1 is 1.57 bits per heavy atom. The lowest BCUT2D eigenvalue weighted by Gasteiger charge is -2.16. The van der Waals surface area contributed by atoms with E-state index in [1.165, 1.54) is 11.5 Å². The SMILES string of the molecule is CCNC(C)CC(C)Sc1ncns1. The predicted octanol–water partition coefficient (Wildman–Crippen LogP) is 2.41. The number of hydrogen-bond acceptors (Lipinski definition) is 5. The van der Waals surface area contributed by atoms with Crippen molar-refractivity contribution < 1.29 is 0 Å². The van der Waals surface area contributed by atoms with Crippen molar-refractivity contribution >= 4 is 23.3 Å². The smallest absolute Gasteiger partial charge is 0.170 e. The fourth-order valence-corrected chi connectivity index (χ4v) is 3.27. The summed E-state index contributed by atoms with van der Waals surface area (Å²) >= 11 is 3.28. The zero-order chi connectivity index (χ0) is 10.4. The third-order valence-corrected chi connectivity index (χ3v) is 3.76. The molecule has 5 heteroatoms. The Morgan fingerprint density at radius 2 is 2.36 bits per heavy atom. The molecule has 3 nitrogen and oxygen atoms in total.